The first-order chi connectivity index (χ1) is 10.3. The van der Waals surface area contributed by atoms with E-state index in [-0.39, 0.29) is 6.04 Å². The molecule has 2 aromatic heterocycles. The summed E-state index contributed by atoms with van der Waals surface area (Å²) in [7, 11) is 1.98. The number of aromatic nitrogens is 2. The van der Waals surface area contributed by atoms with E-state index < -0.39 is 0 Å². The number of para-hydroxylation sites is 2. The van der Waals surface area contributed by atoms with Gasteiger partial charge < -0.3 is 5.32 Å². The van der Waals surface area contributed by atoms with E-state index in [2.05, 4.69) is 29.4 Å². The molecular weight excluding hydrogens is 278 g/mol. The molecule has 1 aromatic carbocycles. The molecule has 0 spiro atoms. The second-order valence-electron chi connectivity index (χ2n) is 5.05. The lowest BCUT2D eigenvalue weighted by Gasteiger charge is -2.14. The van der Waals surface area contributed by atoms with Gasteiger partial charge in [0.2, 0.25) is 0 Å². The second kappa shape index (κ2) is 6.33. The molecule has 4 heteroatoms. The lowest BCUT2D eigenvalue weighted by Crippen LogP contribution is -2.20. The Balaban J connectivity index is 1.86. The van der Waals surface area contributed by atoms with E-state index in [9.17, 15) is 0 Å². The number of aryl methyl sites for hydroxylation is 1. The van der Waals surface area contributed by atoms with Crippen LogP contribution in [0.25, 0.3) is 11.0 Å². The Bertz CT molecular complexity index is 735. The minimum Gasteiger partial charge on any atom is -0.311 e. The second-order valence-corrected chi connectivity index (χ2v) is 6.30. The van der Waals surface area contributed by atoms with Crippen molar-refractivity contribution >= 4 is 22.4 Å². The van der Waals surface area contributed by atoms with Gasteiger partial charge in [-0.3, -0.25) is 4.98 Å². The maximum absolute atomic E-state index is 4.75. The Hall–Kier alpha value is -1.78. The Kier molecular flexibility index (Phi) is 4.27. The highest BCUT2D eigenvalue weighted by atomic mass is 32.1. The highest BCUT2D eigenvalue weighted by Gasteiger charge is 2.14. The maximum Gasteiger partial charge on any atom is 0.0890 e. The molecule has 0 amide bonds. The van der Waals surface area contributed by atoms with Gasteiger partial charge in [-0.05, 0) is 37.7 Å². The van der Waals surface area contributed by atoms with Crippen molar-refractivity contribution in [1.29, 1.82) is 0 Å². The Morgan fingerprint density at radius 2 is 1.86 bits per heavy atom. The first-order valence-electron chi connectivity index (χ1n) is 7.26. The van der Waals surface area contributed by atoms with Crippen LogP contribution in [0.1, 0.15) is 28.4 Å². The number of fused-ring (bicyclic) bond motifs is 1. The van der Waals surface area contributed by atoms with Crippen molar-refractivity contribution in [2.75, 3.05) is 7.05 Å². The van der Waals surface area contributed by atoms with Crippen molar-refractivity contribution in [3.8, 4) is 0 Å². The van der Waals surface area contributed by atoms with Crippen LogP contribution in [0.15, 0.2) is 42.6 Å². The highest BCUT2D eigenvalue weighted by molar-refractivity contribution is 7.11. The number of nitrogens with zero attached hydrogens (tertiary/aromatic N) is 2. The van der Waals surface area contributed by atoms with Gasteiger partial charge >= 0.3 is 0 Å². The summed E-state index contributed by atoms with van der Waals surface area (Å²) in [6, 6.07) is 12.6. The molecule has 3 nitrogen and oxygen atoms in total. The Labute approximate surface area is 129 Å². The molecule has 1 unspecified atom stereocenters. The average molecular weight is 297 g/mol. The molecule has 0 aliphatic rings. The van der Waals surface area contributed by atoms with Gasteiger partial charge in [-0.2, -0.15) is 0 Å². The maximum atomic E-state index is 4.75. The molecule has 2 heterocycles. The molecule has 0 saturated carbocycles. The van der Waals surface area contributed by atoms with E-state index in [4.69, 9.17) is 4.98 Å². The summed E-state index contributed by atoms with van der Waals surface area (Å²) < 4.78 is 0. The zero-order chi connectivity index (χ0) is 14.7. The van der Waals surface area contributed by atoms with Crippen molar-refractivity contribution in [1.82, 2.24) is 15.3 Å². The van der Waals surface area contributed by atoms with Crippen LogP contribution in [0.3, 0.4) is 0 Å². The van der Waals surface area contributed by atoms with Gasteiger partial charge in [-0.15, -0.1) is 11.3 Å². The van der Waals surface area contributed by atoms with Crippen LogP contribution in [0, 0.1) is 0 Å². The lowest BCUT2D eigenvalue weighted by molar-refractivity contribution is 0.580. The van der Waals surface area contributed by atoms with Gasteiger partial charge in [0.1, 0.15) is 0 Å². The fourth-order valence-corrected chi connectivity index (χ4v) is 3.42. The molecule has 0 radical (unpaired) electrons. The molecule has 3 rings (SSSR count). The fourth-order valence-electron chi connectivity index (χ4n) is 2.42. The van der Waals surface area contributed by atoms with Crippen LogP contribution in [-0.4, -0.2) is 17.0 Å². The number of rotatable bonds is 5. The van der Waals surface area contributed by atoms with Crippen LogP contribution in [0.5, 0.6) is 0 Å². The number of thiophene rings is 1. The van der Waals surface area contributed by atoms with Crippen molar-refractivity contribution < 1.29 is 0 Å². The molecule has 0 aliphatic carbocycles. The fraction of sp³-hybridized carbons (Fsp3) is 0.294. The first kappa shape index (κ1) is 14.2. The average Bonchev–Trinajstić information content (AvgIpc) is 3.00. The van der Waals surface area contributed by atoms with Crippen LogP contribution in [0.4, 0.5) is 0 Å². The van der Waals surface area contributed by atoms with Gasteiger partial charge in [0.15, 0.2) is 0 Å². The Morgan fingerprint density at radius 3 is 2.57 bits per heavy atom. The monoisotopic (exact) mass is 297 g/mol. The first-order valence-corrected chi connectivity index (χ1v) is 8.08. The minimum absolute atomic E-state index is 0.200. The SMILES string of the molecule is CCc1ccc(CC(NC)c2cnc3ccccc3n2)s1. The van der Waals surface area contributed by atoms with E-state index in [1.165, 1.54) is 9.75 Å². The van der Waals surface area contributed by atoms with E-state index in [1.807, 2.05) is 48.8 Å². The largest absolute Gasteiger partial charge is 0.311 e. The van der Waals surface area contributed by atoms with Gasteiger partial charge in [-0.1, -0.05) is 19.1 Å². The van der Waals surface area contributed by atoms with Crippen LogP contribution >= 0.6 is 11.3 Å². The molecule has 1 N–H and O–H groups in total. The van der Waals surface area contributed by atoms with Crippen molar-refractivity contribution in [3.05, 3.63) is 58.0 Å². The van der Waals surface area contributed by atoms with E-state index >= 15 is 0 Å². The summed E-state index contributed by atoms with van der Waals surface area (Å²) in [6.45, 7) is 2.19. The molecule has 0 aliphatic heterocycles. The number of hydrogen-bond donors (Lipinski definition) is 1. The summed E-state index contributed by atoms with van der Waals surface area (Å²) in [5.74, 6) is 0. The quantitative estimate of drug-likeness (QED) is 0.779. The topological polar surface area (TPSA) is 37.8 Å². The van der Waals surface area contributed by atoms with E-state index in [1.54, 1.807) is 0 Å². The summed E-state index contributed by atoms with van der Waals surface area (Å²) >= 11 is 1.89. The smallest absolute Gasteiger partial charge is 0.0890 e. The number of benzene rings is 1. The third kappa shape index (κ3) is 3.12. The summed E-state index contributed by atoms with van der Waals surface area (Å²) in [5, 5.41) is 3.36. The van der Waals surface area contributed by atoms with Crippen molar-refractivity contribution in [2.24, 2.45) is 0 Å². The van der Waals surface area contributed by atoms with Gasteiger partial charge in [0.05, 0.1) is 29.0 Å². The standard InChI is InChI=1S/C17H19N3S/c1-3-12-8-9-13(21-12)10-16(18-2)17-11-19-14-6-4-5-7-15(14)20-17/h4-9,11,16,18H,3,10H2,1-2H3. The van der Waals surface area contributed by atoms with Gasteiger partial charge in [0, 0.05) is 16.2 Å². The van der Waals surface area contributed by atoms with Gasteiger partial charge in [0.25, 0.3) is 0 Å². The molecule has 0 fully saturated rings. The third-order valence-electron chi connectivity index (χ3n) is 3.64. The minimum atomic E-state index is 0.200. The Morgan fingerprint density at radius 1 is 1.10 bits per heavy atom. The molecule has 108 valence electrons. The molecule has 0 bridgehead atoms. The van der Waals surface area contributed by atoms with E-state index in [0.29, 0.717) is 0 Å². The number of likely N-dealkylation sites (N-methyl/N-ethyl adjacent to an activating group) is 1. The van der Waals surface area contributed by atoms with Crippen molar-refractivity contribution in [3.63, 3.8) is 0 Å². The summed E-state index contributed by atoms with van der Waals surface area (Å²) in [5.41, 5.74) is 2.90. The zero-order valence-electron chi connectivity index (χ0n) is 12.3. The van der Waals surface area contributed by atoms with Crippen LogP contribution in [0.2, 0.25) is 0 Å². The molecular formula is C17H19N3S. The number of hydrogen-bond acceptors (Lipinski definition) is 4. The summed E-state index contributed by atoms with van der Waals surface area (Å²) in [4.78, 5) is 12.1. The van der Waals surface area contributed by atoms with Crippen LogP contribution in [-0.2, 0) is 12.8 Å². The molecule has 0 saturated heterocycles. The van der Waals surface area contributed by atoms with Crippen molar-refractivity contribution in [2.45, 2.75) is 25.8 Å². The van der Waals surface area contributed by atoms with E-state index in [0.717, 1.165) is 29.6 Å². The highest BCUT2D eigenvalue weighted by Crippen LogP contribution is 2.23. The third-order valence-corrected chi connectivity index (χ3v) is 4.90. The normalized spacial score (nSPS) is 12.7. The number of nitrogens with one attached hydrogen (secondary N) is 1. The molecule has 1 atom stereocenters. The van der Waals surface area contributed by atoms with Crippen LogP contribution < -0.4 is 5.32 Å². The zero-order valence-corrected chi connectivity index (χ0v) is 13.2. The molecule has 3 aromatic rings. The predicted molar refractivity (Wildman–Crippen MR) is 88.7 cm³/mol. The molecule has 21 heavy (non-hydrogen) atoms. The van der Waals surface area contributed by atoms with Gasteiger partial charge in [-0.25, -0.2) is 4.98 Å². The lowest BCUT2D eigenvalue weighted by atomic mass is 10.1. The summed E-state index contributed by atoms with van der Waals surface area (Å²) in [6.07, 6.45) is 3.94. The predicted octanol–water partition coefficient (Wildman–Crippen LogP) is 3.76.